The van der Waals surface area contributed by atoms with Crippen LogP contribution in [0.15, 0.2) is 18.3 Å². The molecule has 0 aliphatic heterocycles. The topological polar surface area (TPSA) is 71.2 Å². The average Bonchev–Trinajstić information content (AvgIpc) is 2.36. The maximum Gasteiger partial charge on any atom is 0.226 e. The zero-order valence-electron chi connectivity index (χ0n) is 12.9. The lowest BCUT2D eigenvalue weighted by atomic mass is 10.0. The van der Waals surface area contributed by atoms with E-state index >= 15 is 0 Å². The van der Waals surface area contributed by atoms with E-state index in [1.54, 1.807) is 18.3 Å². The molecule has 0 aliphatic carbocycles. The van der Waals surface area contributed by atoms with Gasteiger partial charge in [0.25, 0.3) is 0 Å². The minimum Gasteiger partial charge on any atom is -0.397 e. The number of likely N-dealkylation sites (N-methyl/N-ethyl adjacent to an activating group) is 1. The number of nitrogens with one attached hydrogen (secondary N) is 1. The van der Waals surface area contributed by atoms with Gasteiger partial charge in [-0.3, -0.25) is 9.78 Å². The normalized spacial score (nSPS) is 12.7. The van der Waals surface area contributed by atoms with Gasteiger partial charge in [0, 0.05) is 18.3 Å². The maximum atomic E-state index is 11.9. The summed E-state index contributed by atoms with van der Waals surface area (Å²) in [6, 6.07) is 3.90. The van der Waals surface area contributed by atoms with Gasteiger partial charge in [-0.15, -0.1) is 0 Å². The zero-order valence-corrected chi connectivity index (χ0v) is 12.9. The van der Waals surface area contributed by atoms with Crippen LogP contribution >= 0.6 is 0 Å². The van der Waals surface area contributed by atoms with Gasteiger partial charge in [0.1, 0.15) is 0 Å². The molecule has 0 saturated carbocycles. The first-order chi connectivity index (χ1) is 9.38. The third-order valence-corrected chi connectivity index (χ3v) is 3.20. The summed E-state index contributed by atoms with van der Waals surface area (Å²) in [7, 11) is 4.08. The Morgan fingerprint density at radius 3 is 2.60 bits per heavy atom. The summed E-state index contributed by atoms with van der Waals surface area (Å²) < 4.78 is 0. The third-order valence-electron chi connectivity index (χ3n) is 3.20. The SMILES string of the molecule is CC(C)CC(CNC(=O)Cc1ccc(N)cn1)N(C)C. The van der Waals surface area contributed by atoms with Crippen LogP contribution < -0.4 is 11.1 Å². The van der Waals surface area contributed by atoms with Crippen molar-refractivity contribution in [3.05, 3.63) is 24.0 Å². The van der Waals surface area contributed by atoms with Gasteiger partial charge < -0.3 is 16.0 Å². The van der Waals surface area contributed by atoms with E-state index in [2.05, 4.69) is 29.0 Å². The minimum atomic E-state index is -0.00197. The van der Waals surface area contributed by atoms with Gasteiger partial charge in [0.15, 0.2) is 0 Å². The number of nitrogens with zero attached hydrogens (tertiary/aromatic N) is 2. The van der Waals surface area contributed by atoms with E-state index in [1.807, 2.05) is 14.1 Å². The Kier molecular flexibility index (Phi) is 6.45. The van der Waals surface area contributed by atoms with Crippen LogP contribution in [0.4, 0.5) is 5.69 Å². The molecule has 1 heterocycles. The monoisotopic (exact) mass is 278 g/mol. The number of nitrogen functional groups attached to an aromatic ring is 1. The fourth-order valence-electron chi connectivity index (χ4n) is 2.02. The van der Waals surface area contributed by atoms with Crippen molar-refractivity contribution in [2.75, 3.05) is 26.4 Å². The molecule has 0 aliphatic rings. The highest BCUT2D eigenvalue weighted by molar-refractivity contribution is 5.78. The first-order valence-electron chi connectivity index (χ1n) is 7.02. The molecule has 3 N–H and O–H groups in total. The van der Waals surface area contributed by atoms with E-state index in [9.17, 15) is 4.79 Å². The summed E-state index contributed by atoms with van der Waals surface area (Å²) in [5.41, 5.74) is 6.91. The maximum absolute atomic E-state index is 11.9. The van der Waals surface area contributed by atoms with Crippen molar-refractivity contribution >= 4 is 11.6 Å². The predicted molar refractivity (Wildman–Crippen MR) is 82.3 cm³/mol. The van der Waals surface area contributed by atoms with E-state index in [0.29, 0.717) is 30.6 Å². The molecule has 5 heteroatoms. The molecule has 1 amide bonds. The van der Waals surface area contributed by atoms with Gasteiger partial charge in [-0.25, -0.2) is 0 Å². The van der Waals surface area contributed by atoms with E-state index in [4.69, 9.17) is 5.73 Å². The van der Waals surface area contributed by atoms with Crippen molar-refractivity contribution in [2.24, 2.45) is 5.92 Å². The van der Waals surface area contributed by atoms with Crippen molar-refractivity contribution < 1.29 is 4.79 Å². The second-order valence-electron chi connectivity index (χ2n) is 5.81. The summed E-state index contributed by atoms with van der Waals surface area (Å²) in [5.74, 6) is 0.607. The second-order valence-corrected chi connectivity index (χ2v) is 5.81. The van der Waals surface area contributed by atoms with Crippen LogP contribution in [0.3, 0.4) is 0 Å². The predicted octanol–water partition coefficient (Wildman–Crippen LogP) is 1.30. The molecule has 1 rings (SSSR count). The fourth-order valence-corrected chi connectivity index (χ4v) is 2.02. The van der Waals surface area contributed by atoms with Crippen molar-refractivity contribution in [3.63, 3.8) is 0 Å². The highest BCUT2D eigenvalue weighted by Crippen LogP contribution is 2.08. The molecule has 1 atom stereocenters. The quantitative estimate of drug-likeness (QED) is 0.788. The van der Waals surface area contributed by atoms with Gasteiger partial charge in [-0.05, 0) is 38.6 Å². The molecule has 5 nitrogen and oxygen atoms in total. The van der Waals surface area contributed by atoms with E-state index in [0.717, 1.165) is 12.1 Å². The van der Waals surface area contributed by atoms with Crippen LogP contribution in [0.2, 0.25) is 0 Å². The summed E-state index contributed by atoms with van der Waals surface area (Å²) in [6.45, 7) is 5.05. The number of nitrogens with two attached hydrogens (primary N) is 1. The first-order valence-corrected chi connectivity index (χ1v) is 7.02. The van der Waals surface area contributed by atoms with Crippen molar-refractivity contribution in [1.29, 1.82) is 0 Å². The van der Waals surface area contributed by atoms with Crippen LogP contribution in [-0.2, 0) is 11.2 Å². The molecular weight excluding hydrogens is 252 g/mol. The number of pyridine rings is 1. The van der Waals surface area contributed by atoms with Gasteiger partial charge in [-0.1, -0.05) is 13.8 Å². The van der Waals surface area contributed by atoms with Crippen LogP contribution in [-0.4, -0.2) is 42.5 Å². The molecule has 0 aromatic carbocycles. The molecule has 0 fully saturated rings. The molecule has 0 saturated heterocycles. The Balaban J connectivity index is 2.43. The van der Waals surface area contributed by atoms with Gasteiger partial charge in [-0.2, -0.15) is 0 Å². The van der Waals surface area contributed by atoms with E-state index in [1.165, 1.54) is 0 Å². The van der Waals surface area contributed by atoms with Crippen molar-refractivity contribution in [3.8, 4) is 0 Å². The Morgan fingerprint density at radius 1 is 1.40 bits per heavy atom. The molecule has 20 heavy (non-hydrogen) atoms. The summed E-state index contributed by atoms with van der Waals surface area (Å²) in [5, 5.41) is 2.98. The van der Waals surface area contributed by atoms with Gasteiger partial charge in [0.2, 0.25) is 5.91 Å². The Bertz CT molecular complexity index is 414. The Morgan fingerprint density at radius 2 is 2.10 bits per heavy atom. The largest absolute Gasteiger partial charge is 0.397 e. The number of anilines is 1. The Labute approximate surface area is 121 Å². The smallest absolute Gasteiger partial charge is 0.226 e. The first kappa shape index (κ1) is 16.4. The summed E-state index contributed by atoms with van der Waals surface area (Å²) in [4.78, 5) is 18.2. The number of rotatable bonds is 7. The lowest BCUT2D eigenvalue weighted by molar-refractivity contribution is -0.120. The summed E-state index contributed by atoms with van der Waals surface area (Å²) in [6.07, 6.45) is 2.93. The standard InChI is InChI=1S/C15H26N4O/c1-11(2)7-14(19(3)4)10-18-15(20)8-13-6-5-12(16)9-17-13/h5-6,9,11,14H,7-8,10,16H2,1-4H3,(H,18,20). The molecular formula is C15H26N4O. The lowest BCUT2D eigenvalue weighted by Crippen LogP contribution is -2.41. The van der Waals surface area contributed by atoms with Crippen LogP contribution in [0.5, 0.6) is 0 Å². The van der Waals surface area contributed by atoms with Crippen molar-refractivity contribution in [1.82, 2.24) is 15.2 Å². The average molecular weight is 278 g/mol. The van der Waals surface area contributed by atoms with Crippen molar-refractivity contribution in [2.45, 2.75) is 32.7 Å². The second kappa shape index (κ2) is 7.85. The molecule has 0 spiro atoms. The number of hydrogen-bond acceptors (Lipinski definition) is 4. The molecule has 112 valence electrons. The van der Waals surface area contributed by atoms with Crippen LogP contribution in [0.25, 0.3) is 0 Å². The number of carbonyl (C=O) groups is 1. The molecule has 0 bridgehead atoms. The fraction of sp³-hybridized carbons (Fsp3) is 0.600. The van der Waals surface area contributed by atoms with Gasteiger partial charge in [0.05, 0.1) is 18.3 Å². The third kappa shape index (κ3) is 6.02. The number of aromatic nitrogens is 1. The Hall–Kier alpha value is -1.62. The zero-order chi connectivity index (χ0) is 15.1. The molecule has 1 aromatic rings. The molecule has 1 unspecified atom stereocenters. The number of amides is 1. The highest BCUT2D eigenvalue weighted by Gasteiger charge is 2.14. The van der Waals surface area contributed by atoms with Crippen LogP contribution in [0.1, 0.15) is 26.0 Å². The van der Waals surface area contributed by atoms with E-state index in [-0.39, 0.29) is 5.91 Å². The summed E-state index contributed by atoms with van der Waals surface area (Å²) >= 11 is 0. The van der Waals surface area contributed by atoms with Gasteiger partial charge >= 0.3 is 0 Å². The number of hydrogen-bond donors (Lipinski definition) is 2. The molecule has 0 radical (unpaired) electrons. The molecule has 1 aromatic heterocycles. The highest BCUT2D eigenvalue weighted by atomic mass is 16.1. The van der Waals surface area contributed by atoms with E-state index < -0.39 is 0 Å². The lowest BCUT2D eigenvalue weighted by Gasteiger charge is -2.26. The van der Waals surface area contributed by atoms with Crippen LogP contribution in [0, 0.1) is 5.92 Å². The minimum absolute atomic E-state index is 0.00197. The number of carbonyl (C=O) groups excluding carboxylic acids is 1.